The van der Waals surface area contributed by atoms with Crippen LogP contribution in [0.5, 0.6) is 0 Å². The van der Waals surface area contributed by atoms with E-state index in [-0.39, 0.29) is 5.97 Å². The Kier molecular flexibility index (Phi) is 3.90. The summed E-state index contributed by atoms with van der Waals surface area (Å²) < 4.78 is 4.78. The number of nitrogen functional groups attached to an aromatic ring is 1. The second-order valence-electron chi connectivity index (χ2n) is 4.37. The summed E-state index contributed by atoms with van der Waals surface area (Å²) in [6, 6.07) is 8.20. The number of methoxy groups -OCH3 is 1. The highest BCUT2D eigenvalue weighted by Gasteiger charge is 2.21. The second-order valence-corrected chi connectivity index (χ2v) is 5.39. The monoisotopic (exact) mass is 275 g/mol. The topological polar surface area (TPSA) is 52.3 Å². The van der Waals surface area contributed by atoms with Crippen molar-refractivity contribution in [2.75, 3.05) is 12.8 Å². The van der Waals surface area contributed by atoms with E-state index in [9.17, 15) is 4.79 Å². The van der Waals surface area contributed by atoms with Crippen molar-refractivity contribution in [1.82, 2.24) is 0 Å². The first kappa shape index (κ1) is 13.6. The van der Waals surface area contributed by atoms with E-state index < -0.39 is 0 Å². The van der Waals surface area contributed by atoms with Gasteiger partial charge in [0.05, 0.1) is 12.8 Å². The number of anilines is 1. The fourth-order valence-corrected chi connectivity index (χ4v) is 3.32. The van der Waals surface area contributed by atoms with Gasteiger partial charge < -0.3 is 10.5 Å². The number of nitrogens with two attached hydrogens (primary N) is 1. The summed E-state index contributed by atoms with van der Waals surface area (Å²) in [5.41, 5.74) is 9.94. The van der Waals surface area contributed by atoms with E-state index in [0.717, 1.165) is 22.4 Å². The van der Waals surface area contributed by atoms with Crippen molar-refractivity contribution < 1.29 is 9.53 Å². The number of ether oxygens (including phenoxy) is 1. The molecule has 0 aliphatic heterocycles. The van der Waals surface area contributed by atoms with Crippen LogP contribution in [0.1, 0.15) is 27.7 Å². The quantitative estimate of drug-likeness (QED) is 0.870. The molecule has 1 aromatic heterocycles. The largest absolute Gasteiger partial charge is 0.465 e. The molecule has 100 valence electrons. The molecule has 0 spiro atoms. The number of hydrogen-bond acceptors (Lipinski definition) is 4. The van der Waals surface area contributed by atoms with Gasteiger partial charge in [-0.05, 0) is 24.5 Å². The lowest BCUT2D eigenvalue weighted by atomic mass is 10.0. The van der Waals surface area contributed by atoms with Crippen molar-refractivity contribution in [1.29, 1.82) is 0 Å². The second kappa shape index (κ2) is 5.45. The van der Waals surface area contributed by atoms with E-state index in [4.69, 9.17) is 10.5 Å². The zero-order chi connectivity index (χ0) is 14.0. The van der Waals surface area contributed by atoms with E-state index in [1.165, 1.54) is 24.0 Å². The Labute approximate surface area is 117 Å². The Morgan fingerprint density at radius 3 is 2.74 bits per heavy atom. The molecule has 0 saturated carbocycles. The van der Waals surface area contributed by atoms with Crippen LogP contribution in [0.25, 0.3) is 10.4 Å². The Morgan fingerprint density at radius 2 is 2.16 bits per heavy atom. The van der Waals surface area contributed by atoms with Gasteiger partial charge in [0.1, 0.15) is 4.88 Å². The lowest BCUT2D eigenvalue weighted by molar-refractivity contribution is 0.0607. The molecule has 0 unspecified atom stereocenters. The molecular weight excluding hydrogens is 258 g/mol. The normalized spacial score (nSPS) is 10.5. The summed E-state index contributed by atoms with van der Waals surface area (Å²) in [5.74, 6) is -0.365. The van der Waals surface area contributed by atoms with Gasteiger partial charge in [0, 0.05) is 4.88 Å². The molecule has 19 heavy (non-hydrogen) atoms. The van der Waals surface area contributed by atoms with Crippen LogP contribution in [-0.4, -0.2) is 13.1 Å². The number of aryl methyl sites for hydroxylation is 1. The number of benzene rings is 1. The maximum Gasteiger partial charge on any atom is 0.350 e. The van der Waals surface area contributed by atoms with E-state index in [1.54, 1.807) is 0 Å². The van der Waals surface area contributed by atoms with Gasteiger partial charge in [-0.15, -0.1) is 11.3 Å². The standard InChI is InChI=1S/C15H17NO2S/c1-4-11-12(16)14(15(17)18-3)19-13(11)10-7-5-6-9(2)8-10/h5-8H,4,16H2,1-3H3. The van der Waals surface area contributed by atoms with Crippen molar-refractivity contribution in [2.45, 2.75) is 20.3 Å². The third-order valence-electron chi connectivity index (χ3n) is 3.05. The highest BCUT2D eigenvalue weighted by molar-refractivity contribution is 7.18. The van der Waals surface area contributed by atoms with Gasteiger partial charge in [-0.25, -0.2) is 4.79 Å². The van der Waals surface area contributed by atoms with Crippen molar-refractivity contribution >= 4 is 23.0 Å². The van der Waals surface area contributed by atoms with Gasteiger partial charge in [-0.3, -0.25) is 0 Å². The molecular formula is C15H17NO2S. The fourth-order valence-electron chi connectivity index (χ4n) is 2.09. The molecule has 1 heterocycles. The Bertz CT molecular complexity index is 617. The number of esters is 1. The Morgan fingerprint density at radius 1 is 1.42 bits per heavy atom. The Balaban J connectivity index is 2.60. The molecule has 0 amide bonds. The number of hydrogen-bond donors (Lipinski definition) is 1. The minimum Gasteiger partial charge on any atom is -0.465 e. The van der Waals surface area contributed by atoms with Crippen LogP contribution in [0.2, 0.25) is 0 Å². The maximum atomic E-state index is 11.7. The molecule has 1 aromatic carbocycles. The Hall–Kier alpha value is -1.81. The average Bonchev–Trinajstić information content (AvgIpc) is 2.75. The highest BCUT2D eigenvalue weighted by atomic mass is 32.1. The molecule has 0 atom stereocenters. The number of carbonyl (C=O) groups is 1. The van der Waals surface area contributed by atoms with Crippen LogP contribution in [0.15, 0.2) is 24.3 Å². The maximum absolute atomic E-state index is 11.7. The molecule has 4 heteroatoms. The molecule has 2 aromatic rings. The van der Waals surface area contributed by atoms with Crippen LogP contribution in [0, 0.1) is 6.92 Å². The average molecular weight is 275 g/mol. The van der Waals surface area contributed by atoms with Crippen molar-refractivity contribution in [3.8, 4) is 10.4 Å². The van der Waals surface area contributed by atoms with Crippen LogP contribution in [0.3, 0.4) is 0 Å². The lowest BCUT2D eigenvalue weighted by Gasteiger charge is -2.03. The van der Waals surface area contributed by atoms with Crippen molar-refractivity contribution in [3.05, 3.63) is 40.3 Å². The summed E-state index contributed by atoms with van der Waals surface area (Å²) >= 11 is 1.41. The number of carbonyl (C=O) groups excluding carboxylic acids is 1. The SMILES string of the molecule is CCc1c(-c2cccc(C)c2)sc(C(=O)OC)c1N. The van der Waals surface area contributed by atoms with Crippen LogP contribution in [-0.2, 0) is 11.2 Å². The van der Waals surface area contributed by atoms with Gasteiger partial charge in [0.2, 0.25) is 0 Å². The fraction of sp³-hybridized carbons (Fsp3) is 0.267. The molecule has 0 fully saturated rings. The zero-order valence-corrected chi connectivity index (χ0v) is 12.1. The number of rotatable bonds is 3. The van der Waals surface area contributed by atoms with Gasteiger partial charge in [0.25, 0.3) is 0 Å². The molecule has 0 bridgehead atoms. The van der Waals surface area contributed by atoms with Crippen LogP contribution in [0.4, 0.5) is 5.69 Å². The predicted octanol–water partition coefficient (Wildman–Crippen LogP) is 3.65. The molecule has 2 N–H and O–H groups in total. The lowest BCUT2D eigenvalue weighted by Crippen LogP contribution is -2.02. The summed E-state index contributed by atoms with van der Waals surface area (Å²) in [7, 11) is 1.37. The molecule has 3 nitrogen and oxygen atoms in total. The van der Waals surface area contributed by atoms with Gasteiger partial charge >= 0.3 is 5.97 Å². The first-order valence-corrected chi connectivity index (χ1v) is 6.96. The van der Waals surface area contributed by atoms with Crippen molar-refractivity contribution in [3.63, 3.8) is 0 Å². The third kappa shape index (κ3) is 2.49. The summed E-state index contributed by atoms with van der Waals surface area (Å²) in [6.07, 6.45) is 0.794. The van der Waals surface area contributed by atoms with Crippen LogP contribution < -0.4 is 5.73 Å². The van der Waals surface area contributed by atoms with E-state index in [0.29, 0.717) is 10.6 Å². The van der Waals surface area contributed by atoms with Gasteiger partial charge in [-0.1, -0.05) is 36.8 Å². The first-order valence-electron chi connectivity index (χ1n) is 6.15. The summed E-state index contributed by atoms with van der Waals surface area (Å²) in [4.78, 5) is 13.3. The van der Waals surface area contributed by atoms with Gasteiger partial charge in [0.15, 0.2) is 0 Å². The zero-order valence-electron chi connectivity index (χ0n) is 11.3. The van der Waals surface area contributed by atoms with E-state index >= 15 is 0 Å². The van der Waals surface area contributed by atoms with Crippen molar-refractivity contribution in [2.24, 2.45) is 0 Å². The van der Waals surface area contributed by atoms with Gasteiger partial charge in [-0.2, -0.15) is 0 Å². The highest BCUT2D eigenvalue weighted by Crippen LogP contribution is 2.39. The molecule has 2 rings (SSSR count). The summed E-state index contributed by atoms with van der Waals surface area (Å²) in [6.45, 7) is 4.09. The molecule has 0 aliphatic carbocycles. The minimum atomic E-state index is -0.365. The minimum absolute atomic E-state index is 0.365. The first-order chi connectivity index (χ1) is 9.08. The van der Waals surface area contributed by atoms with E-state index in [1.807, 2.05) is 32.0 Å². The molecule has 0 aliphatic rings. The third-order valence-corrected chi connectivity index (χ3v) is 4.33. The number of thiophene rings is 1. The predicted molar refractivity (Wildman–Crippen MR) is 79.6 cm³/mol. The summed E-state index contributed by atoms with van der Waals surface area (Å²) in [5, 5.41) is 0. The van der Waals surface area contributed by atoms with E-state index in [2.05, 4.69) is 6.07 Å². The molecule has 0 radical (unpaired) electrons. The smallest absolute Gasteiger partial charge is 0.350 e. The van der Waals surface area contributed by atoms with Crippen LogP contribution >= 0.6 is 11.3 Å². The molecule has 0 saturated heterocycles.